The fourth-order valence-corrected chi connectivity index (χ4v) is 6.39. The number of hydrogen-bond acceptors (Lipinski definition) is 8. The van der Waals surface area contributed by atoms with Crippen LogP contribution in [0.3, 0.4) is 0 Å². The van der Waals surface area contributed by atoms with Gasteiger partial charge in [-0.2, -0.15) is 0 Å². The normalized spacial score (nSPS) is 13.9. The van der Waals surface area contributed by atoms with Crippen LogP contribution in [0.25, 0.3) is 16.8 Å². The summed E-state index contributed by atoms with van der Waals surface area (Å²) in [7, 11) is 4.19. The zero-order valence-electron chi connectivity index (χ0n) is 27.4. The van der Waals surface area contributed by atoms with Crippen LogP contribution in [0.4, 0.5) is 17.1 Å². The minimum absolute atomic E-state index is 0.282. The lowest BCUT2D eigenvalue weighted by molar-refractivity contribution is 0.102. The number of hydroxylamine groups is 1. The fraction of sp³-hybridized carbons (Fsp3) is 0.243. The molecule has 5 heterocycles. The highest BCUT2D eigenvalue weighted by molar-refractivity contribution is 6.04. The first-order chi connectivity index (χ1) is 22.7. The number of amides is 1. The second-order valence-electron chi connectivity index (χ2n) is 12.4. The van der Waals surface area contributed by atoms with Crippen LogP contribution < -0.4 is 20.5 Å². The maximum atomic E-state index is 13.4. The number of rotatable bonds is 7. The van der Waals surface area contributed by atoms with Crippen molar-refractivity contribution in [2.75, 3.05) is 29.3 Å². The molecule has 0 fully saturated rings. The largest absolute Gasteiger partial charge is 0.379 e. The zero-order chi connectivity index (χ0) is 32.8. The van der Waals surface area contributed by atoms with Crippen LogP contribution >= 0.6 is 0 Å². The topological polar surface area (TPSA) is 100 Å². The van der Waals surface area contributed by atoms with Crippen molar-refractivity contribution < 1.29 is 9.63 Å². The van der Waals surface area contributed by atoms with E-state index in [-0.39, 0.29) is 11.6 Å². The smallest absolute Gasteiger partial charge is 0.274 e. The Labute approximate surface area is 274 Å². The molecule has 0 saturated carbocycles. The van der Waals surface area contributed by atoms with Crippen LogP contribution in [0.5, 0.6) is 5.75 Å². The Morgan fingerprint density at radius 3 is 2.36 bits per heavy atom. The van der Waals surface area contributed by atoms with Gasteiger partial charge in [0, 0.05) is 73.3 Å². The Morgan fingerprint density at radius 1 is 0.915 bits per heavy atom. The lowest BCUT2D eigenvalue weighted by Gasteiger charge is -2.21. The number of nitrogens with one attached hydrogen (secondary N) is 2. The first-order valence-electron chi connectivity index (χ1n) is 15.7. The molecule has 238 valence electrons. The first kappa shape index (κ1) is 30.2. The molecule has 0 spiro atoms. The third-order valence-corrected chi connectivity index (χ3v) is 9.08. The Kier molecular flexibility index (Phi) is 7.73. The number of fused-ring (bicyclic) bond motifs is 2. The van der Waals surface area contributed by atoms with Crippen LogP contribution in [-0.4, -0.2) is 43.9 Å². The van der Waals surface area contributed by atoms with Gasteiger partial charge in [0.2, 0.25) is 0 Å². The predicted octanol–water partition coefficient (Wildman–Crippen LogP) is 6.44. The number of carbonyl (C=O) groups is 1. The van der Waals surface area contributed by atoms with Crippen molar-refractivity contribution in [3.63, 3.8) is 0 Å². The van der Waals surface area contributed by atoms with Gasteiger partial charge in [-0.3, -0.25) is 14.8 Å². The standard InChI is InChI=1S/C37H38N8O2/c1-22-17-27(13-15-38-22)45-20-26-19-39-32(18-35(26)47-45)37(46)42-31-12-8-10-29(24(31)3)28-9-7-11-30(23(28)2)40-25(4)36-41-33-21-43(5)16-14-34(33)44(36)6/h7-13,15,17-19,40H,4,14,16,20-21H2,1-3,5-6H3,(H,42,46). The number of aromatic nitrogens is 4. The van der Waals surface area contributed by atoms with Crippen LogP contribution in [-0.2, 0) is 26.6 Å². The number of aryl methyl sites for hydroxylation is 1. The van der Waals surface area contributed by atoms with E-state index in [4.69, 9.17) is 9.82 Å². The molecule has 5 aromatic rings. The number of hydrogen-bond donors (Lipinski definition) is 2. The highest BCUT2D eigenvalue weighted by Crippen LogP contribution is 2.36. The van der Waals surface area contributed by atoms with E-state index >= 15 is 0 Å². The third kappa shape index (κ3) is 5.72. The fourth-order valence-electron chi connectivity index (χ4n) is 6.39. The van der Waals surface area contributed by atoms with E-state index in [1.807, 2.05) is 44.2 Å². The molecule has 0 bridgehead atoms. The van der Waals surface area contributed by atoms with Crippen LogP contribution in [0.15, 0.2) is 73.6 Å². The van der Waals surface area contributed by atoms with Gasteiger partial charge in [-0.25, -0.2) is 10.0 Å². The summed E-state index contributed by atoms with van der Waals surface area (Å²) in [5, 5.41) is 8.39. The highest BCUT2D eigenvalue weighted by Gasteiger charge is 2.25. The van der Waals surface area contributed by atoms with E-state index in [0.29, 0.717) is 12.3 Å². The van der Waals surface area contributed by atoms with E-state index in [2.05, 4.69) is 75.9 Å². The lowest BCUT2D eigenvalue weighted by Crippen LogP contribution is -2.27. The number of carbonyl (C=O) groups excluding carboxylic acids is 1. The molecule has 7 rings (SSSR count). The van der Waals surface area contributed by atoms with Crippen LogP contribution in [0, 0.1) is 20.8 Å². The Morgan fingerprint density at radius 2 is 1.64 bits per heavy atom. The van der Waals surface area contributed by atoms with Crippen LogP contribution in [0.1, 0.15) is 50.1 Å². The van der Waals surface area contributed by atoms with Gasteiger partial charge in [-0.05, 0) is 74.3 Å². The van der Waals surface area contributed by atoms with Gasteiger partial charge in [0.05, 0.1) is 23.6 Å². The molecule has 0 saturated heterocycles. The number of likely N-dealkylation sites (N-methyl/N-ethyl adjacent to an activating group) is 1. The minimum Gasteiger partial charge on any atom is -0.379 e. The summed E-state index contributed by atoms with van der Waals surface area (Å²) >= 11 is 0. The van der Waals surface area contributed by atoms with Crippen molar-refractivity contribution in [2.45, 2.75) is 40.3 Å². The van der Waals surface area contributed by atoms with E-state index < -0.39 is 0 Å². The van der Waals surface area contributed by atoms with Gasteiger partial charge in [0.1, 0.15) is 5.69 Å². The zero-order valence-corrected chi connectivity index (χ0v) is 27.4. The van der Waals surface area contributed by atoms with Crippen molar-refractivity contribution in [1.82, 2.24) is 24.4 Å². The molecule has 0 radical (unpaired) electrons. The van der Waals surface area contributed by atoms with Crippen molar-refractivity contribution in [3.05, 3.63) is 119 Å². The molecular formula is C37H38N8O2. The van der Waals surface area contributed by atoms with Crippen molar-refractivity contribution >= 4 is 28.7 Å². The monoisotopic (exact) mass is 626 g/mol. The van der Waals surface area contributed by atoms with E-state index in [9.17, 15) is 4.79 Å². The molecule has 10 heteroatoms. The maximum absolute atomic E-state index is 13.4. The number of pyridine rings is 2. The number of anilines is 3. The summed E-state index contributed by atoms with van der Waals surface area (Å²) < 4.78 is 2.16. The Hall–Kier alpha value is -5.48. The van der Waals surface area contributed by atoms with Crippen molar-refractivity contribution in [2.24, 2.45) is 7.05 Å². The third-order valence-electron chi connectivity index (χ3n) is 9.08. The summed E-state index contributed by atoms with van der Waals surface area (Å²) in [6, 6.07) is 17.7. The molecule has 2 aliphatic rings. The number of imidazole rings is 1. The molecule has 0 unspecified atom stereocenters. The molecule has 10 nitrogen and oxygen atoms in total. The highest BCUT2D eigenvalue weighted by atomic mass is 16.7. The van der Waals surface area contributed by atoms with Gasteiger partial charge in [-0.15, -0.1) is 0 Å². The summed E-state index contributed by atoms with van der Waals surface area (Å²) in [6.07, 6.45) is 4.43. The van der Waals surface area contributed by atoms with Gasteiger partial charge in [0.25, 0.3) is 5.91 Å². The summed E-state index contributed by atoms with van der Waals surface area (Å²) in [5.74, 6) is 1.16. The van der Waals surface area contributed by atoms with E-state index in [1.165, 1.54) is 5.69 Å². The second kappa shape index (κ2) is 12.0. The molecule has 0 atom stereocenters. The van der Waals surface area contributed by atoms with Crippen molar-refractivity contribution in [3.8, 4) is 16.9 Å². The number of benzene rings is 2. The minimum atomic E-state index is -0.303. The average molecular weight is 627 g/mol. The van der Waals surface area contributed by atoms with Gasteiger partial charge >= 0.3 is 0 Å². The Bertz CT molecular complexity index is 2050. The van der Waals surface area contributed by atoms with Crippen LogP contribution in [0.2, 0.25) is 0 Å². The Balaban J connectivity index is 1.09. The van der Waals surface area contributed by atoms with E-state index in [0.717, 1.165) is 87.3 Å². The quantitative estimate of drug-likeness (QED) is 0.213. The maximum Gasteiger partial charge on any atom is 0.274 e. The summed E-state index contributed by atoms with van der Waals surface area (Å²) in [4.78, 5) is 35.4. The molecule has 2 N–H and O–H groups in total. The van der Waals surface area contributed by atoms with Gasteiger partial charge < -0.3 is 24.9 Å². The molecule has 2 aliphatic heterocycles. The molecule has 3 aromatic heterocycles. The molecular weight excluding hydrogens is 588 g/mol. The average Bonchev–Trinajstić information content (AvgIpc) is 3.63. The van der Waals surface area contributed by atoms with Gasteiger partial charge in [0.15, 0.2) is 11.6 Å². The van der Waals surface area contributed by atoms with Crippen molar-refractivity contribution in [1.29, 1.82) is 0 Å². The van der Waals surface area contributed by atoms with E-state index in [1.54, 1.807) is 23.5 Å². The molecule has 2 aromatic carbocycles. The first-order valence-corrected chi connectivity index (χ1v) is 15.7. The SMILES string of the molecule is C=C(Nc1cccc(-c2cccc(NC(=O)c3cc4c(cn3)CN(c3ccnc(C)c3)O4)c2C)c1C)c1nc2c(n1C)CCN(C)C2. The molecule has 0 aliphatic carbocycles. The predicted molar refractivity (Wildman–Crippen MR) is 185 cm³/mol. The lowest BCUT2D eigenvalue weighted by atomic mass is 9.94. The summed E-state index contributed by atoms with van der Waals surface area (Å²) in [5.41, 5.74) is 11.9. The van der Waals surface area contributed by atoms with Gasteiger partial charge in [-0.1, -0.05) is 30.8 Å². The second-order valence-corrected chi connectivity index (χ2v) is 12.4. The number of nitrogens with zero attached hydrogens (tertiary/aromatic N) is 6. The molecule has 1 amide bonds. The molecule has 47 heavy (non-hydrogen) atoms. The summed E-state index contributed by atoms with van der Waals surface area (Å²) in [6.45, 7) is 12.8.